The lowest BCUT2D eigenvalue weighted by Crippen LogP contribution is -2.04. The Kier molecular flexibility index (Phi) is 2.88. The Labute approximate surface area is 46.5 Å². The highest BCUT2D eigenvalue weighted by Gasteiger charge is 2.19. The number of hydrogen-bond donors (Lipinski definition) is 1. The first-order chi connectivity index (χ1) is 3.18. The highest BCUT2D eigenvalue weighted by Crippen LogP contribution is 2.09. The lowest BCUT2D eigenvalue weighted by molar-refractivity contribution is -0.134. The molecule has 0 radical (unpaired) electrons. The van der Waals surface area contributed by atoms with Crippen molar-refractivity contribution in [2.45, 2.75) is 5.12 Å². The fourth-order valence-electron chi connectivity index (χ4n) is 0.0504. The maximum atomic E-state index is 9.61. The van der Waals surface area contributed by atoms with E-state index in [1.54, 1.807) is 0 Å². The Hall–Kier alpha value is -0.140. The maximum absolute atomic E-state index is 9.61. The van der Waals surface area contributed by atoms with Crippen molar-refractivity contribution in [2.24, 2.45) is 0 Å². The lowest BCUT2D eigenvalue weighted by atomic mass is 10.8. The quantitative estimate of drug-likeness (QED) is 0.454. The van der Waals surface area contributed by atoms with Gasteiger partial charge in [-0.2, -0.15) is 0 Å². The SMILES string of the molecule is O=[PH+]C(Cl)C(=O)O. The standard InChI is InChI=1S/C2H2ClO3P/c3-1(7-6)2(4)5/h1H,(H,4,5)/p+1. The van der Waals surface area contributed by atoms with Gasteiger partial charge >= 0.3 is 19.5 Å². The zero-order valence-electron chi connectivity index (χ0n) is 3.22. The molecule has 2 unspecified atom stereocenters. The van der Waals surface area contributed by atoms with Gasteiger partial charge in [-0.25, -0.2) is 4.79 Å². The van der Waals surface area contributed by atoms with Crippen LogP contribution in [0, 0.1) is 0 Å². The molecule has 3 nitrogen and oxygen atoms in total. The monoisotopic (exact) mass is 141 g/mol. The van der Waals surface area contributed by atoms with Crippen molar-refractivity contribution < 1.29 is 14.5 Å². The molecule has 0 spiro atoms. The van der Waals surface area contributed by atoms with Crippen LogP contribution < -0.4 is 0 Å². The van der Waals surface area contributed by atoms with Crippen molar-refractivity contribution in [3.63, 3.8) is 0 Å². The van der Waals surface area contributed by atoms with Crippen LogP contribution in [-0.2, 0) is 9.36 Å². The molecule has 0 fully saturated rings. The molecule has 2 atom stereocenters. The van der Waals surface area contributed by atoms with Crippen LogP contribution in [0.1, 0.15) is 0 Å². The zero-order valence-corrected chi connectivity index (χ0v) is 4.97. The summed E-state index contributed by atoms with van der Waals surface area (Å²) in [6.07, 6.45) is 0. The number of carboxylic acid groups (broad SMARTS) is 1. The molecule has 0 saturated heterocycles. The minimum absolute atomic E-state index is 0.972. The molecule has 0 aromatic carbocycles. The van der Waals surface area contributed by atoms with Gasteiger partial charge in [-0.05, 0) is 0 Å². The van der Waals surface area contributed by atoms with E-state index in [2.05, 4.69) is 0 Å². The summed E-state index contributed by atoms with van der Waals surface area (Å²) < 4.78 is 9.59. The van der Waals surface area contributed by atoms with Crippen molar-refractivity contribution in [3.8, 4) is 0 Å². The molecule has 0 bridgehead atoms. The molecule has 0 aliphatic rings. The van der Waals surface area contributed by atoms with Crippen LogP contribution in [0.4, 0.5) is 0 Å². The molecule has 0 aromatic heterocycles. The van der Waals surface area contributed by atoms with Gasteiger partial charge in [-0.15, -0.1) is 0 Å². The zero-order chi connectivity index (χ0) is 5.86. The minimum Gasteiger partial charge on any atom is -0.477 e. The molecular weight excluding hydrogens is 138 g/mol. The van der Waals surface area contributed by atoms with Crippen LogP contribution >= 0.6 is 20.1 Å². The second-order valence-corrected chi connectivity index (χ2v) is 2.43. The Bertz CT molecular complexity index is 92.9. The Morgan fingerprint density at radius 3 is 2.29 bits per heavy atom. The smallest absolute Gasteiger partial charge is 0.371 e. The molecule has 0 aliphatic carbocycles. The fourth-order valence-corrected chi connectivity index (χ4v) is 0.151. The van der Waals surface area contributed by atoms with E-state index in [0.29, 0.717) is 0 Å². The first kappa shape index (κ1) is 6.86. The van der Waals surface area contributed by atoms with Gasteiger partial charge in [0, 0.05) is 0 Å². The predicted octanol–water partition coefficient (Wildman–Crippen LogP) is 0.660. The number of hydrogen-bond acceptors (Lipinski definition) is 2. The number of halogens is 1. The summed E-state index contributed by atoms with van der Waals surface area (Å²) >= 11 is 4.90. The van der Waals surface area contributed by atoms with E-state index >= 15 is 0 Å². The number of aliphatic carboxylic acids is 1. The summed E-state index contributed by atoms with van der Waals surface area (Å²) in [6, 6.07) is 0. The van der Waals surface area contributed by atoms with Gasteiger partial charge < -0.3 is 5.11 Å². The Morgan fingerprint density at radius 1 is 1.86 bits per heavy atom. The average molecular weight is 141 g/mol. The second-order valence-electron chi connectivity index (χ2n) is 0.819. The molecule has 0 aliphatic heterocycles. The largest absolute Gasteiger partial charge is 0.477 e. The van der Waals surface area contributed by atoms with Crippen LogP contribution in [0.25, 0.3) is 0 Å². The van der Waals surface area contributed by atoms with Gasteiger partial charge in [0.2, 0.25) is 0 Å². The van der Waals surface area contributed by atoms with Gasteiger partial charge in [0.15, 0.2) is 0 Å². The molecule has 1 N–H and O–H groups in total. The minimum atomic E-state index is -1.24. The van der Waals surface area contributed by atoms with Gasteiger partial charge in [-0.1, -0.05) is 16.2 Å². The number of carbonyl (C=O) groups is 1. The van der Waals surface area contributed by atoms with Crippen molar-refractivity contribution in [1.82, 2.24) is 0 Å². The summed E-state index contributed by atoms with van der Waals surface area (Å²) in [4.78, 5) is 9.61. The number of carboxylic acids is 1. The number of alkyl halides is 1. The van der Waals surface area contributed by atoms with Crippen LogP contribution in [0.2, 0.25) is 0 Å². The van der Waals surface area contributed by atoms with Crippen molar-refractivity contribution in [1.29, 1.82) is 0 Å². The summed E-state index contributed by atoms with van der Waals surface area (Å²) in [7, 11) is -0.972. The third-order valence-corrected chi connectivity index (χ3v) is 1.23. The topological polar surface area (TPSA) is 54.4 Å². The molecule has 0 rings (SSSR count). The van der Waals surface area contributed by atoms with E-state index in [1.807, 2.05) is 0 Å². The molecule has 0 amide bonds. The molecule has 40 valence electrons. The average Bonchev–Trinajstić information content (AvgIpc) is 1.65. The lowest BCUT2D eigenvalue weighted by Gasteiger charge is -1.77. The Balaban J connectivity index is 3.55. The van der Waals surface area contributed by atoms with Gasteiger partial charge in [0.25, 0.3) is 0 Å². The molecular formula is C2H3ClO3P+. The van der Waals surface area contributed by atoms with Crippen LogP contribution in [-0.4, -0.2) is 16.2 Å². The maximum Gasteiger partial charge on any atom is 0.371 e. The molecule has 5 heteroatoms. The summed E-state index contributed by atoms with van der Waals surface area (Å²) in [5.74, 6) is -1.24. The molecule has 0 heterocycles. The summed E-state index contributed by atoms with van der Waals surface area (Å²) in [6.45, 7) is 0. The second kappa shape index (κ2) is 2.94. The highest BCUT2D eigenvalue weighted by molar-refractivity contribution is 7.29. The van der Waals surface area contributed by atoms with Crippen molar-refractivity contribution in [2.75, 3.05) is 0 Å². The van der Waals surface area contributed by atoms with Crippen molar-refractivity contribution >= 4 is 26.0 Å². The van der Waals surface area contributed by atoms with Crippen LogP contribution in [0.5, 0.6) is 0 Å². The van der Waals surface area contributed by atoms with Crippen LogP contribution in [0.3, 0.4) is 0 Å². The van der Waals surface area contributed by atoms with E-state index < -0.39 is 19.5 Å². The van der Waals surface area contributed by atoms with E-state index in [1.165, 1.54) is 0 Å². The van der Waals surface area contributed by atoms with Crippen molar-refractivity contribution in [3.05, 3.63) is 0 Å². The first-order valence-corrected chi connectivity index (χ1v) is 2.85. The summed E-state index contributed by atoms with van der Waals surface area (Å²) in [5, 5.41) is 6.62. The third-order valence-electron chi connectivity index (χ3n) is 0.320. The molecule has 0 aromatic rings. The number of rotatable bonds is 2. The van der Waals surface area contributed by atoms with Gasteiger partial charge in [0.05, 0.1) is 0 Å². The van der Waals surface area contributed by atoms with Gasteiger partial charge in [0.1, 0.15) is 0 Å². The fraction of sp³-hybridized carbons (Fsp3) is 0.500. The van der Waals surface area contributed by atoms with E-state index in [4.69, 9.17) is 16.7 Å². The summed E-state index contributed by atoms with van der Waals surface area (Å²) in [5.41, 5.74) is 0. The first-order valence-electron chi connectivity index (χ1n) is 1.43. The molecule has 7 heavy (non-hydrogen) atoms. The van der Waals surface area contributed by atoms with Gasteiger partial charge in [-0.3, -0.25) is 0 Å². The highest BCUT2D eigenvalue weighted by atomic mass is 35.5. The van der Waals surface area contributed by atoms with E-state index in [0.717, 1.165) is 0 Å². The van der Waals surface area contributed by atoms with E-state index in [-0.39, 0.29) is 0 Å². The van der Waals surface area contributed by atoms with E-state index in [9.17, 15) is 9.36 Å². The predicted molar refractivity (Wildman–Crippen MR) is 26.3 cm³/mol. The normalized spacial score (nSPS) is 13.9. The third kappa shape index (κ3) is 2.54. The van der Waals surface area contributed by atoms with Crippen LogP contribution in [0.15, 0.2) is 0 Å². The molecule has 0 saturated carbocycles. The Morgan fingerprint density at radius 2 is 2.29 bits per heavy atom.